The molecule has 5 atom stereocenters. The molecule has 17 nitrogen and oxygen atoms in total. The number of carbonyl (C=O) groups excluding carboxylic acids is 4. The second-order valence-electron chi connectivity index (χ2n) is 27.7. The number of aliphatic hydroxyl groups excluding tert-OH is 1. The van der Waals surface area contributed by atoms with Gasteiger partial charge in [0.25, 0.3) is 0 Å². The monoisotopic (exact) mass is 1460 g/mol. The largest absolute Gasteiger partial charge is 0.472 e. The Labute approximate surface area is 610 Å². The zero-order chi connectivity index (χ0) is 73.2. The summed E-state index contributed by atoms with van der Waals surface area (Å²) in [6.45, 7) is 4.90. The quantitative estimate of drug-likeness (QED) is 0.0169. The molecular weight excluding hydrogens is 1310 g/mol. The number of aliphatic hydroxyl groups is 1. The van der Waals surface area contributed by atoms with Crippen LogP contribution in [0.15, 0.2) is 48.6 Å². The third kappa shape index (κ3) is 73.3. The minimum absolute atomic E-state index is 0.0850. The summed E-state index contributed by atoms with van der Waals surface area (Å²) in [5.41, 5.74) is 0. The van der Waals surface area contributed by atoms with Crippen molar-refractivity contribution in [2.75, 3.05) is 39.6 Å². The number of carbonyl (C=O) groups is 4. The van der Waals surface area contributed by atoms with Gasteiger partial charge in [-0.05, 0) is 109 Å². The van der Waals surface area contributed by atoms with Crippen molar-refractivity contribution in [3.8, 4) is 0 Å². The van der Waals surface area contributed by atoms with Crippen molar-refractivity contribution in [3.05, 3.63) is 48.6 Å². The summed E-state index contributed by atoms with van der Waals surface area (Å²) < 4.78 is 68.6. The van der Waals surface area contributed by atoms with E-state index in [1.165, 1.54) is 167 Å². The molecule has 0 aliphatic carbocycles. The normalized spacial score (nSPS) is 14.1. The highest BCUT2D eigenvalue weighted by atomic mass is 31.2. The molecule has 100 heavy (non-hydrogen) atoms. The Balaban J connectivity index is 5.34. The van der Waals surface area contributed by atoms with Crippen LogP contribution in [0.2, 0.25) is 0 Å². The van der Waals surface area contributed by atoms with E-state index in [2.05, 4.69) is 76.3 Å². The summed E-state index contributed by atoms with van der Waals surface area (Å²) in [5.74, 6) is -2.17. The number of hydrogen-bond acceptors (Lipinski definition) is 15. The first-order valence-electron chi connectivity index (χ1n) is 40.9. The number of phosphoric ester groups is 2. The number of rotatable bonds is 78. The summed E-state index contributed by atoms with van der Waals surface area (Å²) in [6.07, 6.45) is 72.2. The molecule has 586 valence electrons. The van der Waals surface area contributed by atoms with Crippen LogP contribution in [-0.2, 0) is 65.4 Å². The van der Waals surface area contributed by atoms with Gasteiger partial charge in [-0.2, -0.15) is 0 Å². The lowest BCUT2D eigenvalue weighted by atomic mass is 10.0. The molecular formula is C81H150O17P2. The molecule has 0 bridgehead atoms. The number of allylic oxidation sites excluding steroid dienone is 8. The summed E-state index contributed by atoms with van der Waals surface area (Å²) >= 11 is 0. The van der Waals surface area contributed by atoms with Gasteiger partial charge in [0.05, 0.1) is 26.4 Å². The average Bonchev–Trinajstić information content (AvgIpc) is 1.25. The van der Waals surface area contributed by atoms with E-state index in [0.29, 0.717) is 25.7 Å². The first-order valence-corrected chi connectivity index (χ1v) is 43.9. The first-order chi connectivity index (χ1) is 48.7. The number of unbranched alkanes of at least 4 members (excludes halogenated alkanes) is 44. The summed E-state index contributed by atoms with van der Waals surface area (Å²) in [6, 6.07) is 0. The molecule has 0 amide bonds. The second kappa shape index (κ2) is 74.3. The predicted octanol–water partition coefficient (Wildman–Crippen LogP) is 23.7. The van der Waals surface area contributed by atoms with E-state index in [1.807, 2.05) is 0 Å². The van der Waals surface area contributed by atoms with Crippen molar-refractivity contribution < 1.29 is 80.2 Å². The van der Waals surface area contributed by atoms with Gasteiger partial charge in [0, 0.05) is 25.7 Å². The Morgan fingerprint density at radius 3 is 0.770 bits per heavy atom. The van der Waals surface area contributed by atoms with Crippen molar-refractivity contribution in [2.45, 2.75) is 406 Å². The maximum atomic E-state index is 13.1. The molecule has 0 saturated heterocycles. The molecule has 0 aromatic carbocycles. The number of phosphoric acid groups is 2. The second-order valence-corrected chi connectivity index (χ2v) is 30.6. The summed E-state index contributed by atoms with van der Waals surface area (Å²) in [5, 5.41) is 10.6. The van der Waals surface area contributed by atoms with Gasteiger partial charge < -0.3 is 33.8 Å². The predicted molar refractivity (Wildman–Crippen MR) is 409 cm³/mol. The summed E-state index contributed by atoms with van der Waals surface area (Å²) in [7, 11) is -9.94. The van der Waals surface area contributed by atoms with Crippen LogP contribution in [0.1, 0.15) is 387 Å². The van der Waals surface area contributed by atoms with Crippen molar-refractivity contribution in [2.24, 2.45) is 0 Å². The lowest BCUT2D eigenvalue weighted by molar-refractivity contribution is -0.161. The molecule has 0 radical (unpaired) electrons. The fourth-order valence-electron chi connectivity index (χ4n) is 11.5. The minimum Gasteiger partial charge on any atom is -0.462 e. The smallest absolute Gasteiger partial charge is 0.462 e. The number of ether oxygens (including phenoxy) is 4. The highest BCUT2D eigenvalue weighted by Crippen LogP contribution is 2.45. The Morgan fingerprint density at radius 1 is 0.280 bits per heavy atom. The van der Waals surface area contributed by atoms with Gasteiger partial charge in [-0.1, -0.05) is 301 Å². The van der Waals surface area contributed by atoms with Crippen molar-refractivity contribution in [1.82, 2.24) is 0 Å². The van der Waals surface area contributed by atoms with Gasteiger partial charge in [-0.15, -0.1) is 0 Å². The van der Waals surface area contributed by atoms with Gasteiger partial charge in [0.1, 0.15) is 19.3 Å². The van der Waals surface area contributed by atoms with E-state index in [4.69, 9.17) is 37.0 Å². The molecule has 0 aromatic heterocycles. The SMILES string of the molecule is CCCCC/C=C\C/C=C\CCCCCCCC(=O)O[C@H](COC(=O)CCCCCCCCCCCCCCCCC)COP(=O)(O)OC[C@@H](O)COP(=O)(O)OC[C@@H](COC(=O)CCCCCCC/C=C\CCCCCCCC)OC(=O)CCCCCCC/C=C\CCCCCCCC. The fraction of sp³-hybridized carbons (Fsp3) is 0.852. The van der Waals surface area contributed by atoms with Gasteiger partial charge in [0.2, 0.25) is 0 Å². The third-order valence-electron chi connectivity index (χ3n) is 17.8. The lowest BCUT2D eigenvalue weighted by Gasteiger charge is -2.21. The van der Waals surface area contributed by atoms with E-state index in [-0.39, 0.29) is 25.7 Å². The van der Waals surface area contributed by atoms with Crippen LogP contribution in [0.4, 0.5) is 0 Å². The van der Waals surface area contributed by atoms with Crippen LogP contribution >= 0.6 is 15.6 Å². The van der Waals surface area contributed by atoms with Crippen LogP contribution in [-0.4, -0.2) is 96.7 Å². The van der Waals surface area contributed by atoms with Crippen LogP contribution in [0, 0.1) is 0 Å². The zero-order valence-electron chi connectivity index (χ0n) is 64.1. The van der Waals surface area contributed by atoms with E-state index >= 15 is 0 Å². The van der Waals surface area contributed by atoms with E-state index in [1.54, 1.807) is 0 Å². The maximum absolute atomic E-state index is 13.1. The van der Waals surface area contributed by atoms with Gasteiger partial charge >= 0.3 is 39.5 Å². The Hall–Kier alpha value is -2.98. The maximum Gasteiger partial charge on any atom is 0.472 e. The van der Waals surface area contributed by atoms with E-state index < -0.39 is 97.5 Å². The topological polar surface area (TPSA) is 237 Å². The Morgan fingerprint density at radius 2 is 0.490 bits per heavy atom. The number of hydrogen-bond donors (Lipinski definition) is 3. The zero-order valence-corrected chi connectivity index (χ0v) is 65.9. The van der Waals surface area contributed by atoms with Gasteiger partial charge in [-0.3, -0.25) is 37.3 Å². The summed E-state index contributed by atoms with van der Waals surface area (Å²) in [4.78, 5) is 73.0. The van der Waals surface area contributed by atoms with Crippen molar-refractivity contribution in [3.63, 3.8) is 0 Å². The third-order valence-corrected chi connectivity index (χ3v) is 19.7. The minimum atomic E-state index is -4.97. The average molecular weight is 1460 g/mol. The molecule has 0 rings (SSSR count). The standard InChI is InChI=1S/C81H150O17P2/c1-5-9-13-17-21-25-29-33-37-41-45-49-53-57-61-65-78(83)91-71-76(97-80(85)67-63-59-55-51-47-43-39-35-31-27-23-19-15-11-7-3)73-95-99(87,88)93-69-75(82)70-94-100(89,90)96-74-77(98-81(86)68-64-60-56-52-48-44-40-36-32-28-24-20-16-12-8-4)72-92-79(84)66-62-58-54-50-46-42-38-34-30-26-22-18-14-10-6-2/h23,27,34-36,38-40,75-77,82H,5-22,24-26,28-33,37,41-74H2,1-4H3,(H,87,88)(H,89,90)/b27-23-,38-34-,39-35-,40-36-/t75-,76-,77-/m1/s1. The molecule has 19 heteroatoms. The molecule has 0 aromatic rings. The molecule has 2 unspecified atom stereocenters. The Kier molecular flexibility index (Phi) is 72.1. The van der Waals surface area contributed by atoms with Gasteiger partial charge in [-0.25, -0.2) is 9.13 Å². The highest BCUT2D eigenvalue weighted by Gasteiger charge is 2.30. The van der Waals surface area contributed by atoms with Crippen LogP contribution < -0.4 is 0 Å². The lowest BCUT2D eigenvalue weighted by Crippen LogP contribution is -2.30. The Bertz CT molecular complexity index is 2080. The van der Waals surface area contributed by atoms with Crippen LogP contribution in [0.3, 0.4) is 0 Å². The molecule has 0 aliphatic heterocycles. The number of esters is 4. The fourth-order valence-corrected chi connectivity index (χ4v) is 13.1. The van der Waals surface area contributed by atoms with E-state index in [9.17, 15) is 43.2 Å². The molecule has 0 fully saturated rings. The van der Waals surface area contributed by atoms with Gasteiger partial charge in [0.15, 0.2) is 12.2 Å². The molecule has 0 spiro atoms. The van der Waals surface area contributed by atoms with Crippen molar-refractivity contribution >= 4 is 39.5 Å². The van der Waals surface area contributed by atoms with Crippen LogP contribution in [0.5, 0.6) is 0 Å². The molecule has 0 heterocycles. The van der Waals surface area contributed by atoms with E-state index in [0.717, 1.165) is 141 Å². The molecule has 0 aliphatic rings. The first kappa shape index (κ1) is 97.0. The molecule has 3 N–H and O–H groups in total. The van der Waals surface area contributed by atoms with Crippen molar-refractivity contribution in [1.29, 1.82) is 0 Å². The molecule has 0 saturated carbocycles. The highest BCUT2D eigenvalue weighted by molar-refractivity contribution is 7.47. The van der Waals surface area contributed by atoms with Crippen LogP contribution in [0.25, 0.3) is 0 Å².